The fourth-order valence-corrected chi connectivity index (χ4v) is 5.40. The molecule has 0 aliphatic heterocycles. The zero-order valence-electron chi connectivity index (χ0n) is 33.1. The van der Waals surface area contributed by atoms with Crippen molar-refractivity contribution in [2.45, 2.75) is 194 Å². The van der Waals surface area contributed by atoms with Gasteiger partial charge in [-0.05, 0) is 89.9 Å². The van der Waals surface area contributed by atoms with Crippen LogP contribution in [0.1, 0.15) is 188 Å². The zero-order chi connectivity index (χ0) is 37.3. The Morgan fingerprint density at radius 1 is 0.412 bits per heavy atom. The number of carbonyl (C=O) groups excluding carboxylic acids is 3. The van der Waals surface area contributed by atoms with Crippen LogP contribution in [0.4, 0.5) is 0 Å². The SMILES string of the molecule is CC/C=C\C/C=C\CCCCCCCC(=O)OCC(COC(=O)CCC/C=C\CCCCCC)OC(=O)CCCCCCC/C=C\C/C=C\CC. The first-order valence-electron chi connectivity index (χ1n) is 20.8. The van der Waals surface area contributed by atoms with Gasteiger partial charge in [-0.3, -0.25) is 14.4 Å². The number of hydrogen-bond donors (Lipinski definition) is 0. The fraction of sp³-hybridized carbons (Fsp3) is 0.711. The second-order valence-electron chi connectivity index (χ2n) is 13.5. The molecule has 51 heavy (non-hydrogen) atoms. The maximum atomic E-state index is 12.6. The second kappa shape index (κ2) is 39.9. The van der Waals surface area contributed by atoms with Crippen molar-refractivity contribution in [1.82, 2.24) is 0 Å². The van der Waals surface area contributed by atoms with E-state index in [1.165, 1.54) is 25.7 Å². The smallest absolute Gasteiger partial charge is 0.306 e. The lowest BCUT2D eigenvalue weighted by molar-refractivity contribution is -0.167. The second-order valence-corrected chi connectivity index (χ2v) is 13.5. The maximum absolute atomic E-state index is 12.6. The summed E-state index contributed by atoms with van der Waals surface area (Å²) in [5.74, 6) is -0.972. The summed E-state index contributed by atoms with van der Waals surface area (Å²) in [5, 5.41) is 0. The normalized spacial score (nSPS) is 12.6. The maximum Gasteiger partial charge on any atom is 0.306 e. The summed E-state index contributed by atoms with van der Waals surface area (Å²) in [6.45, 7) is 6.30. The molecule has 0 rings (SSSR count). The molecular formula is C45H76O6. The van der Waals surface area contributed by atoms with Gasteiger partial charge in [0, 0.05) is 19.3 Å². The average molecular weight is 713 g/mol. The molecule has 0 fully saturated rings. The molecule has 0 aromatic heterocycles. The highest BCUT2D eigenvalue weighted by molar-refractivity contribution is 5.71. The number of unbranched alkanes of at least 4 members (excludes halogenated alkanes) is 15. The Hall–Kier alpha value is -2.89. The summed E-state index contributed by atoms with van der Waals surface area (Å²) in [4.78, 5) is 37.5. The molecule has 1 atom stereocenters. The van der Waals surface area contributed by atoms with Crippen molar-refractivity contribution in [2.75, 3.05) is 13.2 Å². The number of ether oxygens (including phenoxy) is 3. The minimum absolute atomic E-state index is 0.0971. The van der Waals surface area contributed by atoms with E-state index in [9.17, 15) is 14.4 Å². The Morgan fingerprint density at radius 3 is 1.27 bits per heavy atom. The average Bonchev–Trinajstić information content (AvgIpc) is 3.12. The predicted octanol–water partition coefficient (Wildman–Crippen LogP) is 13.0. The number of esters is 3. The Balaban J connectivity index is 4.45. The third-order valence-corrected chi connectivity index (χ3v) is 8.49. The molecule has 0 spiro atoms. The van der Waals surface area contributed by atoms with Crippen LogP contribution in [0.25, 0.3) is 0 Å². The molecule has 0 heterocycles. The van der Waals surface area contributed by atoms with Crippen molar-refractivity contribution >= 4 is 17.9 Å². The van der Waals surface area contributed by atoms with Crippen LogP contribution in [0.3, 0.4) is 0 Å². The minimum atomic E-state index is -0.794. The van der Waals surface area contributed by atoms with Gasteiger partial charge in [-0.2, -0.15) is 0 Å². The molecule has 0 bridgehead atoms. The quantitative estimate of drug-likeness (QED) is 0.0278. The molecular weight excluding hydrogens is 636 g/mol. The zero-order valence-corrected chi connectivity index (χ0v) is 33.1. The van der Waals surface area contributed by atoms with Crippen molar-refractivity contribution in [2.24, 2.45) is 0 Å². The van der Waals surface area contributed by atoms with E-state index < -0.39 is 6.10 Å². The van der Waals surface area contributed by atoms with E-state index in [1.54, 1.807) is 0 Å². The molecule has 6 nitrogen and oxygen atoms in total. The van der Waals surface area contributed by atoms with Crippen LogP contribution < -0.4 is 0 Å². The van der Waals surface area contributed by atoms with Gasteiger partial charge in [0.05, 0.1) is 0 Å². The van der Waals surface area contributed by atoms with Gasteiger partial charge >= 0.3 is 17.9 Å². The Morgan fingerprint density at radius 2 is 0.784 bits per heavy atom. The van der Waals surface area contributed by atoms with E-state index in [0.717, 1.165) is 116 Å². The van der Waals surface area contributed by atoms with Crippen LogP contribution in [-0.2, 0) is 28.6 Å². The van der Waals surface area contributed by atoms with Gasteiger partial charge in [-0.1, -0.05) is 139 Å². The van der Waals surface area contributed by atoms with Crippen molar-refractivity contribution in [3.63, 3.8) is 0 Å². The van der Waals surface area contributed by atoms with Crippen LogP contribution in [-0.4, -0.2) is 37.2 Å². The lowest BCUT2D eigenvalue weighted by atomic mass is 10.1. The van der Waals surface area contributed by atoms with Crippen LogP contribution >= 0.6 is 0 Å². The Bertz CT molecular complexity index is 960. The highest BCUT2D eigenvalue weighted by Crippen LogP contribution is 2.12. The van der Waals surface area contributed by atoms with Gasteiger partial charge in [-0.15, -0.1) is 0 Å². The van der Waals surface area contributed by atoms with Gasteiger partial charge in [0.25, 0.3) is 0 Å². The minimum Gasteiger partial charge on any atom is -0.462 e. The molecule has 0 saturated carbocycles. The monoisotopic (exact) mass is 713 g/mol. The van der Waals surface area contributed by atoms with Crippen LogP contribution in [0.5, 0.6) is 0 Å². The molecule has 0 saturated heterocycles. The molecule has 6 heteroatoms. The molecule has 0 aromatic carbocycles. The van der Waals surface area contributed by atoms with Crippen molar-refractivity contribution in [3.05, 3.63) is 60.8 Å². The van der Waals surface area contributed by atoms with Gasteiger partial charge in [0.15, 0.2) is 6.10 Å². The number of rotatable bonds is 36. The largest absolute Gasteiger partial charge is 0.462 e. The number of allylic oxidation sites excluding steroid dienone is 10. The van der Waals surface area contributed by atoms with Gasteiger partial charge in [-0.25, -0.2) is 0 Å². The predicted molar refractivity (Wildman–Crippen MR) is 215 cm³/mol. The molecule has 0 aromatic rings. The van der Waals surface area contributed by atoms with E-state index in [1.807, 2.05) is 0 Å². The van der Waals surface area contributed by atoms with E-state index in [-0.39, 0.29) is 31.1 Å². The van der Waals surface area contributed by atoms with Crippen molar-refractivity contribution in [1.29, 1.82) is 0 Å². The van der Waals surface area contributed by atoms with E-state index >= 15 is 0 Å². The van der Waals surface area contributed by atoms with Crippen LogP contribution in [0.15, 0.2) is 60.8 Å². The molecule has 1 unspecified atom stereocenters. The summed E-state index contributed by atoms with van der Waals surface area (Å²) in [5.41, 5.74) is 0. The Labute approximate surface area is 313 Å². The topological polar surface area (TPSA) is 78.9 Å². The first kappa shape index (κ1) is 48.1. The fourth-order valence-electron chi connectivity index (χ4n) is 5.40. The third-order valence-electron chi connectivity index (χ3n) is 8.49. The van der Waals surface area contributed by atoms with E-state index in [0.29, 0.717) is 25.7 Å². The molecule has 0 N–H and O–H groups in total. The summed E-state index contributed by atoms with van der Waals surface area (Å²) in [7, 11) is 0. The first-order chi connectivity index (χ1) is 25.0. The summed E-state index contributed by atoms with van der Waals surface area (Å²) in [6.07, 6.45) is 46.4. The highest BCUT2D eigenvalue weighted by atomic mass is 16.6. The van der Waals surface area contributed by atoms with E-state index in [2.05, 4.69) is 81.5 Å². The van der Waals surface area contributed by atoms with Crippen LogP contribution in [0.2, 0.25) is 0 Å². The summed E-state index contributed by atoms with van der Waals surface area (Å²) < 4.78 is 16.6. The van der Waals surface area contributed by atoms with Gasteiger partial charge in [0.1, 0.15) is 13.2 Å². The third kappa shape index (κ3) is 38.2. The number of carbonyl (C=O) groups is 3. The van der Waals surface area contributed by atoms with Crippen molar-refractivity contribution in [3.8, 4) is 0 Å². The molecule has 0 amide bonds. The molecule has 292 valence electrons. The first-order valence-corrected chi connectivity index (χ1v) is 20.8. The van der Waals surface area contributed by atoms with Crippen molar-refractivity contribution < 1.29 is 28.6 Å². The number of hydrogen-bond acceptors (Lipinski definition) is 6. The van der Waals surface area contributed by atoms with Gasteiger partial charge < -0.3 is 14.2 Å². The lowest BCUT2D eigenvalue weighted by Gasteiger charge is -2.18. The summed E-state index contributed by atoms with van der Waals surface area (Å²) >= 11 is 0. The molecule has 0 radical (unpaired) electrons. The Kier molecular flexibility index (Phi) is 37.6. The molecule has 0 aliphatic carbocycles. The van der Waals surface area contributed by atoms with Crippen LogP contribution in [0, 0.1) is 0 Å². The highest BCUT2D eigenvalue weighted by Gasteiger charge is 2.19. The van der Waals surface area contributed by atoms with Gasteiger partial charge in [0.2, 0.25) is 0 Å². The lowest BCUT2D eigenvalue weighted by Crippen LogP contribution is -2.30. The standard InChI is InChI=1S/C45H76O6/c1-4-7-10-13-16-19-21-23-26-29-32-35-38-44(47)50-41-42(40-49-43(46)37-34-31-28-25-18-15-12-9-6-3)51-45(48)39-36-33-30-27-24-22-20-17-14-11-8-5-2/h7-8,10-11,16-17,19-20,25,28,42H,4-6,9,12-15,18,21-24,26-27,29-41H2,1-3H3/b10-7-,11-8-,19-16-,20-17-,28-25-. The molecule has 0 aliphatic rings. The summed E-state index contributed by atoms with van der Waals surface area (Å²) in [6, 6.07) is 0. The van der Waals surface area contributed by atoms with E-state index in [4.69, 9.17) is 14.2 Å².